The molecule has 4 heteroatoms. The highest BCUT2D eigenvalue weighted by Crippen LogP contribution is 2.13. The summed E-state index contributed by atoms with van der Waals surface area (Å²) in [6.45, 7) is 0. The maximum Gasteiger partial charge on any atom is 0.248 e. The number of anilines is 1. The Morgan fingerprint density at radius 3 is 2.25 bits per heavy atom. The predicted octanol–water partition coefficient (Wildman–Crippen LogP) is 5.37. The van der Waals surface area contributed by atoms with E-state index in [1.54, 1.807) is 48.6 Å². The topological polar surface area (TPSA) is 46.2 Å². The number of halogens is 1. The van der Waals surface area contributed by atoms with Crippen molar-refractivity contribution in [3.05, 3.63) is 114 Å². The van der Waals surface area contributed by atoms with Gasteiger partial charge in [0.15, 0.2) is 5.78 Å². The van der Waals surface area contributed by atoms with Gasteiger partial charge in [-0.1, -0.05) is 60.7 Å². The highest BCUT2D eigenvalue weighted by atomic mass is 19.1. The van der Waals surface area contributed by atoms with E-state index in [0.29, 0.717) is 16.8 Å². The molecule has 0 radical (unpaired) electrons. The SMILES string of the molecule is O=C(C=Cc1ccccc1)Nc1cccc(C(=O)/C=C/c2cccc(F)c2)c1. The molecule has 0 aliphatic rings. The monoisotopic (exact) mass is 371 g/mol. The van der Waals surface area contributed by atoms with Gasteiger partial charge in [0.05, 0.1) is 0 Å². The van der Waals surface area contributed by atoms with Crippen LogP contribution in [0.5, 0.6) is 0 Å². The fourth-order valence-corrected chi connectivity index (χ4v) is 2.55. The minimum atomic E-state index is -0.358. The van der Waals surface area contributed by atoms with Gasteiger partial charge in [0.25, 0.3) is 0 Å². The van der Waals surface area contributed by atoms with Crippen LogP contribution in [-0.2, 0) is 4.79 Å². The first-order valence-electron chi connectivity index (χ1n) is 8.72. The Kier molecular flexibility index (Phi) is 6.26. The normalized spacial score (nSPS) is 11.0. The number of carbonyl (C=O) groups excluding carboxylic acids is 2. The number of nitrogens with one attached hydrogen (secondary N) is 1. The summed E-state index contributed by atoms with van der Waals surface area (Å²) >= 11 is 0. The number of carbonyl (C=O) groups is 2. The number of hydrogen-bond donors (Lipinski definition) is 1. The summed E-state index contributed by atoms with van der Waals surface area (Å²) in [7, 11) is 0. The molecule has 0 spiro atoms. The Labute approximate surface area is 162 Å². The molecule has 3 aromatic carbocycles. The van der Waals surface area contributed by atoms with E-state index in [4.69, 9.17) is 0 Å². The molecule has 0 unspecified atom stereocenters. The number of hydrogen-bond acceptors (Lipinski definition) is 2. The molecule has 0 aliphatic heterocycles. The first-order valence-corrected chi connectivity index (χ1v) is 8.72. The maximum absolute atomic E-state index is 13.2. The molecule has 0 heterocycles. The Hall–Kier alpha value is -3.79. The summed E-state index contributed by atoms with van der Waals surface area (Å²) in [5.41, 5.74) is 2.47. The van der Waals surface area contributed by atoms with Crippen LogP contribution < -0.4 is 5.32 Å². The van der Waals surface area contributed by atoms with Gasteiger partial charge in [0.1, 0.15) is 5.82 Å². The van der Waals surface area contributed by atoms with E-state index in [9.17, 15) is 14.0 Å². The third-order valence-corrected chi connectivity index (χ3v) is 3.92. The van der Waals surface area contributed by atoms with Crippen molar-refractivity contribution in [3.8, 4) is 0 Å². The molecule has 0 atom stereocenters. The lowest BCUT2D eigenvalue weighted by atomic mass is 10.1. The van der Waals surface area contributed by atoms with E-state index >= 15 is 0 Å². The van der Waals surface area contributed by atoms with Crippen LogP contribution in [0.25, 0.3) is 12.2 Å². The predicted molar refractivity (Wildman–Crippen MR) is 110 cm³/mol. The second kappa shape index (κ2) is 9.24. The smallest absolute Gasteiger partial charge is 0.248 e. The van der Waals surface area contributed by atoms with Gasteiger partial charge in [-0.3, -0.25) is 9.59 Å². The standard InChI is InChI=1S/C24H18FNO2/c25-21-10-4-8-19(16-21)12-14-23(27)20-9-5-11-22(17-20)26-24(28)15-13-18-6-2-1-3-7-18/h1-17H,(H,26,28)/b14-12+,15-13?. The Morgan fingerprint density at radius 1 is 0.750 bits per heavy atom. The molecule has 3 rings (SSSR count). The summed E-state index contributed by atoms with van der Waals surface area (Å²) < 4.78 is 13.2. The zero-order valence-corrected chi connectivity index (χ0v) is 15.0. The third-order valence-electron chi connectivity index (χ3n) is 3.92. The molecule has 0 aromatic heterocycles. The summed E-state index contributed by atoms with van der Waals surface area (Å²) in [5, 5.41) is 2.74. The van der Waals surface area contributed by atoms with Crippen LogP contribution in [0.4, 0.5) is 10.1 Å². The minimum Gasteiger partial charge on any atom is -0.322 e. The molecule has 1 amide bonds. The van der Waals surface area contributed by atoms with Crippen LogP contribution >= 0.6 is 0 Å². The van der Waals surface area contributed by atoms with E-state index in [1.807, 2.05) is 30.3 Å². The molecule has 0 fully saturated rings. The lowest BCUT2D eigenvalue weighted by molar-refractivity contribution is -0.111. The molecule has 138 valence electrons. The molecule has 0 aliphatic carbocycles. The second-order valence-electron chi connectivity index (χ2n) is 6.07. The van der Waals surface area contributed by atoms with Gasteiger partial charge in [-0.05, 0) is 47.5 Å². The first-order chi connectivity index (χ1) is 13.6. The zero-order chi connectivity index (χ0) is 19.8. The summed E-state index contributed by atoms with van der Waals surface area (Å²) in [6, 6.07) is 22.1. The number of allylic oxidation sites excluding steroid dienone is 1. The molecule has 28 heavy (non-hydrogen) atoms. The van der Waals surface area contributed by atoms with Gasteiger partial charge in [-0.15, -0.1) is 0 Å². The highest BCUT2D eigenvalue weighted by molar-refractivity contribution is 6.08. The Bertz CT molecular complexity index is 1040. The lowest BCUT2D eigenvalue weighted by Crippen LogP contribution is -2.08. The van der Waals surface area contributed by atoms with Crippen molar-refractivity contribution in [1.29, 1.82) is 0 Å². The maximum atomic E-state index is 13.2. The highest BCUT2D eigenvalue weighted by Gasteiger charge is 2.05. The van der Waals surface area contributed by atoms with Crippen LogP contribution in [0.1, 0.15) is 21.5 Å². The van der Waals surface area contributed by atoms with E-state index in [-0.39, 0.29) is 17.5 Å². The van der Waals surface area contributed by atoms with Crippen molar-refractivity contribution >= 4 is 29.5 Å². The average molecular weight is 371 g/mol. The average Bonchev–Trinajstić information content (AvgIpc) is 2.71. The van der Waals surface area contributed by atoms with Gasteiger partial charge < -0.3 is 5.32 Å². The van der Waals surface area contributed by atoms with Crippen LogP contribution in [0.15, 0.2) is 91.0 Å². The fourth-order valence-electron chi connectivity index (χ4n) is 2.55. The van der Waals surface area contributed by atoms with Crippen LogP contribution in [0, 0.1) is 5.82 Å². The molecular formula is C24H18FNO2. The van der Waals surface area contributed by atoms with Gasteiger partial charge in [-0.25, -0.2) is 4.39 Å². The molecule has 1 N–H and O–H groups in total. The van der Waals surface area contributed by atoms with E-state index in [1.165, 1.54) is 24.3 Å². The summed E-state index contributed by atoms with van der Waals surface area (Å²) in [6.07, 6.45) is 6.09. The van der Waals surface area contributed by atoms with Crippen molar-refractivity contribution in [2.24, 2.45) is 0 Å². The largest absolute Gasteiger partial charge is 0.322 e. The number of benzene rings is 3. The minimum absolute atomic E-state index is 0.236. The summed E-state index contributed by atoms with van der Waals surface area (Å²) in [5.74, 6) is -0.883. The van der Waals surface area contributed by atoms with Gasteiger partial charge in [-0.2, -0.15) is 0 Å². The fraction of sp³-hybridized carbons (Fsp3) is 0. The third kappa shape index (κ3) is 5.61. The summed E-state index contributed by atoms with van der Waals surface area (Å²) in [4.78, 5) is 24.4. The van der Waals surface area contributed by atoms with Crippen LogP contribution in [-0.4, -0.2) is 11.7 Å². The molecule has 3 nitrogen and oxygen atoms in total. The van der Waals surface area contributed by atoms with Gasteiger partial charge in [0.2, 0.25) is 5.91 Å². The van der Waals surface area contributed by atoms with Gasteiger partial charge in [0, 0.05) is 17.3 Å². The molecule has 0 saturated carbocycles. The molecule has 0 saturated heterocycles. The number of amides is 1. The van der Waals surface area contributed by atoms with E-state index < -0.39 is 0 Å². The molecule has 3 aromatic rings. The van der Waals surface area contributed by atoms with E-state index in [2.05, 4.69) is 5.32 Å². The van der Waals surface area contributed by atoms with Crippen molar-refractivity contribution in [1.82, 2.24) is 0 Å². The van der Waals surface area contributed by atoms with Crippen molar-refractivity contribution in [3.63, 3.8) is 0 Å². The van der Waals surface area contributed by atoms with Gasteiger partial charge >= 0.3 is 0 Å². The van der Waals surface area contributed by atoms with Crippen molar-refractivity contribution in [2.75, 3.05) is 5.32 Å². The van der Waals surface area contributed by atoms with E-state index in [0.717, 1.165) is 5.56 Å². The van der Waals surface area contributed by atoms with Crippen molar-refractivity contribution in [2.45, 2.75) is 0 Å². The zero-order valence-electron chi connectivity index (χ0n) is 15.0. The van der Waals surface area contributed by atoms with Crippen LogP contribution in [0.3, 0.4) is 0 Å². The Balaban J connectivity index is 1.65. The first kappa shape index (κ1) is 19.0. The quantitative estimate of drug-likeness (QED) is 0.467. The molecular weight excluding hydrogens is 353 g/mol. The number of ketones is 1. The Morgan fingerprint density at radius 2 is 1.46 bits per heavy atom. The molecule has 0 bridgehead atoms. The van der Waals surface area contributed by atoms with Crippen molar-refractivity contribution < 1.29 is 14.0 Å². The number of rotatable bonds is 6. The second-order valence-corrected chi connectivity index (χ2v) is 6.07. The lowest BCUT2D eigenvalue weighted by Gasteiger charge is -2.04. The van der Waals surface area contributed by atoms with Crippen LogP contribution in [0.2, 0.25) is 0 Å².